The number of nitrogens with zero attached hydrogens (tertiary/aromatic N) is 4. The third-order valence-corrected chi connectivity index (χ3v) is 4.85. The lowest BCUT2D eigenvalue weighted by Crippen LogP contribution is -2.18. The number of hydrogen-bond acceptors (Lipinski definition) is 5. The smallest absolute Gasteiger partial charge is 0.234 e. The van der Waals surface area contributed by atoms with Gasteiger partial charge >= 0.3 is 0 Å². The van der Waals surface area contributed by atoms with E-state index in [2.05, 4.69) is 20.8 Å². The molecule has 0 bridgehead atoms. The zero-order valence-corrected chi connectivity index (χ0v) is 13.7. The molecule has 0 aliphatic heterocycles. The fraction of sp³-hybridized carbons (Fsp3) is 0.467. The first-order valence-corrected chi connectivity index (χ1v) is 8.77. The second-order valence-electron chi connectivity index (χ2n) is 5.66. The van der Waals surface area contributed by atoms with Crippen LogP contribution < -0.4 is 5.32 Å². The van der Waals surface area contributed by atoms with Crippen molar-refractivity contribution in [2.24, 2.45) is 0 Å². The third-order valence-electron chi connectivity index (χ3n) is 3.92. The molecule has 128 valence electrons. The van der Waals surface area contributed by atoms with E-state index >= 15 is 0 Å². The monoisotopic (exact) mass is 353 g/mol. The Labute approximate surface area is 142 Å². The van der Waals surface area contributed by atoms with Crippen molar-refractivity contribution in [2.45, 2.75) is 43.3 Å². The molecule has 1 saturated carbocycles. The molecule has 0 atom stereocenters. The van der Waals surface area contributed by atoms with Crippen LogP contribution in [-0.4, -0.2) is 31.9 Å². The first-order valence-electron chi connectivity index (χ1n) is 7.79. The largest absolute Gasteiger partial charge is 0.323 e. The number of carbonyl (C=O) groups excluding carboxylic acids is 1. The highest BCUT2D eigenvalue weighted by Gasteiger charge is 2.21. The molecule has 1 fully saturated rings. The van der Waals surface area contributed by atoms with Crippen LogP contribution in [0.25, 0.3) is 0 Å². The van der Waals surface area contributed by atoms with E-state index in [1.807, 2.05) is 0 Å². The highest BCUT2D eigenvalue weighted by Crippen LogP contribution is 2.30. The van der Waals surface area contributed by atoms with Crippen molar-refractivity contribution in [2.75, 3.05) is 11.1 Å². The number of anilines is 1. The molecule has 1 aromatic carbocycles. The number of nitrogens with one attached hydrogen (secondary N) is 1. The Balaban J connectivity index is 1.57. The van der Waals surface area contributed by atoms with Gasteiger partial charge in [-0.15, -0.1) is 5.10 Å². The van der Waals surface area contributed by atoms with E-state index in [-0.39, 0.29) is 17.5 Å². The number of carbonyl (C=O) groups is 1. The van der Waals surface area contributed by atoms with Gasteiger partial charge in [-0.05, 0) is 35.4 Å². The molecule has 0 radical (unpaired) electrons. The van der Waals surface area contributed by atoms with Crippen LogP contribution in [0.3, 0.4) is 0 Å². The molecular formula is C15H17F2N5OS. The number of amides is 1. The number of benzene rings is 1. The zero-order chi connectivity index (χ0) is 16.9. The summed E-state index contributed by atoms with van der Waals surface area (Å²) in [6.07, 6.45) is 5.60. The fourth-order valence-electron chi connectivity index (χ4n) is 2.74. The van der Waals surface area contributed by atoms with Gasteiger partial charge in [0.05, 0.1) is 17.5 Å². The second kappa shape index (κ2) is 7.69. The van der Waals surface area contributed by atoms with Crippen LogP contribution in [0.1, 0.15) is 38.1 Å². The Morgan fingerprint density at radius 2 is 2.08 bits per heavy atom. The molecule has 1 aromatic heterocycles. The number of halogens is 2. The summed E-state index contributed by atoms with van der Waals surface area (Å²) >= 11 is 1.20. The number of rotatable bonds is 5. The Hall–Kier alpha value is -2.03. The lowest BCUT2D eigenvalue weighted by Gasteiger charge is -2.21. The number of hydrogen-bond donors (Lipinski definition) is 1. The van der Waals surface area contributed by atoms with Gasteiger partial charge in [-0.25, -0.2) is 13.5 Å². The predicted molar refractivity (Wildman–Crippen MR) is 85.7 cm³/mol. The molecule has 9 heteroatoms. The topological polar surface area (TPSA) is 72.7 Å². The highest BCUT2D eigenvalue weighted by atomic mass is 32.2. The summed E-state index contributed by atoms with van der Waals surface area (Å²) in [5.74, 6) is -1.85. The maximum atomic E-state index is 13.5. The Kier molecular flexibility index (Phi) is 5.39. The highest BCUT2D eigenvalue weighted by molar-refractivity contribution is 7.99. The normalized spacial score (nSPS) is 15.4. The molecule has 2 aromatic rings. The molecule has 0 saturated heterocycles. The quantitative estimate of drug-likeness (QED) is 0.836. The molecule has 24 heavy (non-hydrogen) atoms. The first kappa shape index (κ1) is 16.8. The van der Waals surface area contributed by atoms with Crippen molar-refractivity contribution in [1.82, 2.24) is 20.2 Å². The van der Waals surface area contributed by atoms with Gasteiger partial charge in [-0.1, -0.05) is 31.0 Å². The summed E-state index contributed by atoms with van der Waals surface area (Å²) in [5.41, 5.74) is -0.0473. The minimum atomic E-state index is -0.805. The van der Waals surface area contributed by atoms with Crippen molar-refractivity contribution in [3.63, 3.8) is 0 Å². The molecule has 3 rings (SSSR count). The lowest BCUT2D eigenvalue weighted by molar-refractivity contribution is -0.113. The van der Waals surface area contributed by atoms with Crippen LogP contribution in [0.15, 0.2) is 23.4 Å². The molecule has 1 aliphatic rings. The van der Waals surface area contributed by atoms with Crippen LogP contribution in [0, 0.1) is 11.6 Å². The van der Waals surface area contributed by atoms with Crippen molar-refractivity contribution < 1.29 is 13.6 Å². The van der Waals surface area contributed by atoms with E-state index in [1.54, 1.807) is 4.68 Å². The fourth-order valence-corrected chi connectivity index (χ4v) is 3.49. The van der Waals surface area contributed by atoms with E-state index in [4.69, 9.17) is 0 Å². The maximum absolute atomic E-state index is 13.5. The van der Waals surface area contributed by atoms with Crippen LogP contribution in [0.5, 0.6) is 0 Å². The number of aromatic nitrogens is 4. The molecule has 1 aliphatic carbocycles. The summed E-state index contributed by atoms with van der Waals surface area (Å²) in [7, 11) is 0. The summed E-state index contributed by atoms with van der Waals surface area (Å²) in [6.45, 7) is 0. The molecule has 1 N–H and O–H groups in total. The van der Waals surface area contributed by atoms with E-state index < -0.39 is 17.5 Å². The standard InChI is InChI=1S/C15H17F2N5OS/c16-10-6-7-13(12(17)8-10)18-14(23)9-24-15-19-20-21-22(15)11-4-2-1-3-5-11/h6-8,11H,1-5,9H2,(H,18,23). The van der Waals surface area contributed by atoms with E-state index in [9.17, 15) is 13.6 Å². The van der Waals surface area contributed by atoms with Crippen molar-refractivity contribution in [3.05, 3.63) is 29.8 Å². The minimum absolute atomic E-state index is 0.0455. The summed E-state index contributed by atoms with van der Waals surface area (Å²) in [6, 6.07) is 3.29. The molecule has 0 spiro atoms. The number of tetrazole rings is 1. The van der Waals surface area contributed by atoms with Crippen molar-refractivity contribution in [1.29, 1.82) is 0 Å². The zero-order valence-electron chi connectivity index (χ0n) is 12.9. The van der Waals surface area contributed by atoms with Gasteiger partial charge in [-0.3, -0.25) is 4.79 Å². The van der Waals surface area contributed by atoms with Gasteiger partial charge in [0.25, 0.3) is 0 Å². The van der Waals surface area contributed by atoms with Crippen molar-refractivity contribution in [3.8, 4) is 0 Å². The molecular weight excluding hydrogens is 336 g/mol. The van der Waals surface area contributed by atoms with Gasteiger partial charge in [0.2, 0.25) is 11.1 Å². The van der Waals surface area contributed by atoms with Crippen LogP contribution in [0.4, 0.5) is 14.5 Å². The van der Waals surface area contributed by atoms with Gasteiger partial charge in [0.1, 0.15) is 11.6 Å². The summed E-state index contributed by atoms with van der Waals surface area (Å²) < 4.78 is 28.2. The second-order valence-corrected chi connectivity index (χ2v) is 6.60. The maximum Gasteiger partial charge on any atom is 0.234 e. The third kappa shape index (κ3) is 4.08. The van der Waals surface area contributed by atoms with Crippen molar-refractivity contribution >= 4 is 23.4 Å². The van der Waals surface area contributed by atoms with Crippen LogP contribution >= 0.6 is 11.8 Å². The summed E-state index contributed by atoms with van der Waals surface area (Å²) in [5, 5.41) is 14.7. The Morgan fingerprint density at radius 1 is 1.29 bits per heavy atom. The Bertz CT molecular complexity index is 718. The van der Waals surface area contributed by atoms with E-state index in [0.29, 0.717) is 5.16 Å². The van der Waals surface area contributed by atoms with Gasteiger partial charge in [0, 0.05) is 6.07 Å². The van der Waals surface area contributed by atoms with Gasteiger partial charge < -0.3 is 5.32 Å². The average molecular weight is 353 g/mol. The molecule has 1 amide bonds. The lowest BCUT2D eigenvalue weighted by atomic mass is 9.96. The van der Waals surface area contributed by atoms with E-state index in [1.165, 1.54) is 24.2 Å². The predicted octanol–water partition coefficient (Wildman–Crippen LogP) is 3.19. The van der Waals surface area contributed by atoms with E-state index in [0.717, 1.165) is 37.8 Å². The molecule has 0 unspecified atom stereocenters. The molecule has 1 heterocycles. The molecule has 6 nitrogen and oxygen atoms in total. The minimum Gasteiger partial charge on any atom is -0.323 e. The summed E-state index contributed by atoms with van der Waals surface area (Å²) in [4.78, 5) is 12.0. The van der Waals surface area contributed by atoms with Gasteiger partial charge in [-0.2, -0.15) is 0 Å². The number of thioether (sulfide) groups is 1. The van der Waals surface area contributed by atoms with Gasteiger partial charge in [0.15, 0.2) is 0 Å². The Morgan fingerprint density at radius 3 is 2.83 bits per heavy atom. The average Bonchev–Trinajstić information content (AvgIpc) is 3.05. The SMILES string of the molecule is O=C(CSc1nnnn1C1CCCCC1)Nc1ccc(F)cc1F. The van der Waals surface area contributed by atoms with Crippen LogP contribution in [-0.2, 0) is 4.79 Å². The van der Waals surface area contributed by atoms with Crippen LogP contribution in [0.2, 0.25) is 0 Å². The first-order chi connectivity index (χ1) is 11.6.